The molecular formula is C15H10BrClFN3O2S. The average molecular weight is 431 g/mol. The van der Waals surface area contributed by atoms with Crippen molar-refractivity contribution in [2.24, 2.45) is 0 Å². The molecule has 0 aliphatic rings. The fourth-order valence-corrected chi connectivity index (χ4v) is 3.66. The average Bonchev–Trinajstić information content (AvgIpc) is 2.93. The van der Waals surface area contributed by atoms with Crippen LogP contribution in [0.3, 0.4) is 0 Å². The first-order valence-corrected chi connectivity index (χ1v) is 9.30. The van der Waals surface area contributed by atoms with E-state index in [2.05, 4.69) is 25.8 Å². The molecule has 1 heterocycles. The number of halogens is 3. The molecule has 0 spiro atoms. The van der Waals surface area contributed by atoms with Crippen LogP contribution in [0, 0.1) is 5.82 Å². The molecule has 0 radical (unpaired) electrons. The smallest absolute Gasteiger partial charge is 0.264 e. The Morgan fingerprint density at radius 2 is 1.96 bits per heavy atom. The summed E-state index contributed by atoms with van der Waals surface area (Å²) in [4.78, 5) is -0.483. The van der Waals surface area contributed by atoms with Crippen LogP contribution < -0.4 is 4.72 Å². The van der Waals surface area contributed by atoms with Gasteiger partial charge in [0.25, 0.3) is 10.0 Å². The lowest BCUT2D eigenvalue weighted by atomic mass is 10.3. The second-order valence-electron chi connectivity index (χ2n) is 4.80. The summed E-state index contributed by atoms with van der Waals surface area (Å²) >= 11 is 8.95. The Morgan fingerprint density at radius 3 is 2.62 bits per heavy atom. The van der Waals surface area contributed by atoms with Crippen molar-refractivity contribution in [1.82, 2.24) is 9.78 Å². The molecule has 0 saturated carbocycles. The van der Waals surface area contributed by atoms with Gasteiger partial charge in [-0.1, -0.05) is 23.7 Å². The van der Waals surface area contributed by atoms with Crippen LogP contribution in [0.15, 0.2) is 64.2 Å². The van der Waals surface area contributed by atoms with E-state index in [1.54, 1.807) is 36.7 Å². The highest BCUT2D eigenvalue weighted by Gasteiger charge is 2.21. The summed E-state index contributed by atoms with van der Waals surface area (Å²) in [5, 5.41) is 4.24. The monoisotopic (exact) mass is 429 g/mol. The summed E-state index contributed by atoms with van der Waals surface area (Å²) in [5.41, 5.74) is 0.767. The summed E-state index contributed by atoms with van der Waals surface area (Å²) in [6.45, 7) is 0. The molecule has 5 nitrogen and oxygen atoms in total. The number of nitrogens with one attached hydrogen (secondary N) is 1. The van der Waals surface area contributed by atoms with E-state index in [1.807, 2.05) is 0 Å². The number of sulfonamides is 1. The molecule has 0 aliphatic heterocycles. The third-order valence-electron chi connectivity index (χ3n) is 3.13. The topological polar surface area (TPSA) is 64.0 Å². The third kappa shape index (κ3) is 3.45. The zero-order valence-corrected chi connectivity index (χ0v) is 15.1. The molecule has 0 amide bonds. The molecule has 24 heavy (non-hydrogen) atoms. The maximum atomic E-state index is 13.9. The van der Waals surface area contributed by atoms with Crippen molar-refractivity contribution >= 4 is 43.2 Å². The maximum Gasteiger partial charge on any atom is 0.264 e. The zero-order chi connectivity index (χ0) is 17.3. The number of para-hydroxylation sites is 2. The minimum atomic E-state index is -4.12. The van der Waals surface area contributed by atoms with Crippen molar-refractivity contribution in [2.75, 3.05) is 4.72 Å². The van der Waals surface area contributed by atoms with E-state index in [4.69, 9.17) is 11.6 Å². The van der Waals surface area contributed by atoms with Crippen molar-refractivity contribution in [3.8, 4) is 5.69 Å². The van der Waals surface area contributed by atoms with Gasteiger partial charge in [0.2, 0.25) is 0 Å². The highest BCUT2D eigenvalue weighted by molar-refractivity contribution is 9.10. The van der Waals surface area contributed by atoms with Crippen molar-refractivity contribution < 1.29 is 12.8 Å². The molecule has 0 aliphatic carbocycles. The van der Waals surface area contributed by atoms with Crippen LogP contribution >= 0.6 is 27.5 Å². The van der Waals surface area contributed by atoms with E-state index in [1.165, 1.54) is 10.7 Å². The highest BCUT2D eigenvalue weighted by atomic mass is 79.9. The molecule has 0 fully saturated rings. The van der Waals surface area contributed by atoms with Gasteiger partial charge in [0.15, 0.2) is 0 Å². The van der Waals surface area contributed by atoms with Gasteiger partial charge in [-0.25, -0.2) is 17.5 Å². The second kappa shape index (κ2) is 6.54. The quantitative estimate of drug-likeness (QED) is 0.674. The Bertz CT molecular complexity index is 1010. The zero-order valence-electron chi connectivity index (χ0n) is 11.9. The van der Waals surface area contributed by atoms with Gasteiger partial charge in [0.1, 0.15) is 10.7 Å². The van der Waals surface area contributed by atoms with Crippen LogP contribution in [0.25, 0.3) is 5.69 Å². The fraction of sp³-hybridized carbons (Fsp3) is 0. The van der Waals surface area contributed by atoms with E-state index in [-0.39, 0.29) is 10.7 Å². The molecule has 9 heteroatoms. The Hall–Kier alpha value is -1.90. The van der Waals surface area contributed by atoms with Crippen LogP contribution in [0.5, 0.6) is 0 Å². The van der Waals surface area contributed by atoms with Gasteiger partial charge in [0, 0.05) is 11.2 Å². The molecule has 0 bridgehead atoms. The summed E-state index contributed by atoms with van der Waals surface area (Å²) < 4.78 is 43.6. The van der Waals surface area contributed by atoms with Gasteiger partial charge >= 0.3 is 0 Å². The van der Waals surface area contributed by atoms with E-state index in [9.17, 15) is 12.8 Å². The molecule has 1 aromatic heterocycles. The van der Waals surface area contributed by atoms with Crippen LogP contribution in [0.2, 0.25) is 5.02 Å². The van der Waals surface area contributed by atoms with Gasteiger partial charge in [-0.2, -0.15) is 5.10 Å². The van der Waals surface area contributed by atoms with Gasteiger partial charge < -0.3 is 0 Å². The van der Waals surface area contributed by atoms with E-state index in [0.29, 0.717) is 5.69 Å². The first kappa shape index (κ1) is 16.9. The Balaban J connectivity index is 2.02. The van der Waals surface area contributed by atoms with E-state index < -0.39 is 20.7 Å². The molecule has 0 saturated heterocycles. The van der Waals surface area contributed by atoms with Crippen LogP contribution in [-0.4, -0.2) is 18.2 Å². The number of benzene rings is 2. The lowest BCUT2D eigenvalue weighted by Crippen LogP contribution is -2.16. The van der Waals surface area contributed by atoms with Crippen molar-refractivity contribution in [2.45, 2.75) is 4.90 Å². The first-order valence-electron chi connectivity index (χ1n) is 6.64. The summed E-state index contributed by atoms with van der Waals surface area (Å²) in [6.07, 6.45) is 3.25. The number of aromatic nitrogens is 2. The number of nitrogens with zero attached hydrogens (tertiary/aromatic N) is 2. The predicted molar refractivity (Wildman–Crippen MR) is 93.5 cm³/mol. The minimum absolute atomic E-state index is 0.119. The Labute approximate surface area is 151 Å². The molecule has 0 atom stereocenters. The number of hydrogen-bond acceptors (Lipinski definition) is 3. The van der Waals surface area contributed by atoms with Crippen molar-refractivity contribution in [3.05, 3.63) is 70.2 Å². The summed E-state index contributed by atoms with van der Waals surface area (Å²) in [5.74, 6) is -0.922. The van der Waals surface area contributed by atoms with Crippen LogP contribution in [-0.2, 0) is 10.0 Å². The molecule has 0 unspecified atom stereocenters. The summed E-state index contributed by atoms with van der Waals surface area (Å²) in [7, 11) is -4.12. The molecule has 3 aromatic rings. The standard InChI is InChI=1S/C15H10BrClFN3O2S/c16-10-8-19-21(9-10)14-4-2-1-3-13(14)20-24(22,23)15-6-5-11(17)7-12(15)18/h1-9,20H. The normalized spacial score (nSPS) is 11.5. The highest BCUT2D eigenvalue weighted by Crippen LogP contribution is 2.26. The van der Waals surface area contributed by atoms with Crippen molar-refractivity contribution in [3.63, 3.8) is 0 Å². The lowest BCUT2D eigenvalue weighted by molar-refractivity contribution is 0.570. The van der Waals surface area contributed by atoms with E-state index in [0.717, 1.165) is 16.6 Å². The molecule has 2 aromatic carbocycles. The summed E-state index contributed by atoms with van der Waals surface area (Å²) in [6, 6.07) is 10.0. The van der Waals surface area contributed by atoms with Crippen LogP contribution in [0.4, 0.5) is 10.1 Å². The Kier molecular flexibility index (Phi) is 4.62. The minimum Gasteiger partial charge on any atom is -0.277 e. The van der Waals surface area contributed by atoms with Gasteiger partial charge in [-0.05, 0) is 46.3 Å². The van der Waals surface area contributed by atoms with Gasteiger partial charge in [-0.3, -0.25) is 4.72 Å². The predicted octanol–water partition coefficient (Wildman–Crippen LogP) is 4.23. The van der Waals surface area contributed by atoms with Crippen molar-refractivity contribution in [1.29, 1.82) is 0 Å². The van der Waals surface area contributed by atoms with E-state index >= 15 is 0 Å². The SMILES string of the molecule is O=S(=O)(Nc1ccccc1-n1cc(Br)cn1)c1ccc(Cl)cc1F. The second-order valence-corrected chi connectivity index (χ2v) is 7.80. The number of hydrogen-bond donors (Lipinski definition) is 1. The Morgan fingerprint density at radius 1 is 1.21 bits per heavy atom. The molecule has 3 rings (SSSR count). The lowest BCUT2D eigenvalue weighted by Gasteiger charge is -2.13. The largest absolute Gasteiger partial charge is 0.277 e. The van der Waals surface area contributed by atoms with Gasteiger partial charge in [-0.15, -0.1) is 0 Å². The molecule has 124 valence electrons. The molecular weight excluding hydrogens is 421 g/mol. The third-order valence-corrected chi connectivity index (χ3v) is 5.17. The number of anilines is 1. The van der Waals surface area contributed by atoms with Gasteiger partial charge in [0.05, 0.1) is 22.0 Å². The number of rotatable bonds is 4. The fourth-order valence-electron chi connectivity index (χ4n) is 2.09. The maximum absolute atomic E-state index is 13.9. The van der Waals surface area contributed by atoms with Crippen LogP contribution in [0.1, 0.15) is 0 Å². The first-order chi connectivity index (χ1) is 11.4. The molecule has 1 N–H and O–H groups in total.